The monoisotopic (exact) mass is 251 g/mol. The van der Waals surface area contributed by atoms with Crippen LogP contribution in [0, 0.1) is 5.41 Å². The van der Waals surface area contributed by atoms with Gasteiger partial charge in [0.05, 0.1) is 17.1 Å². The van der Waals surface area contributed by atoms with E-state index < -0.39 is 5.41 Å². The van der Waals surface area contributed by atoms with Crippen molar-refractivity contribution in [1.29, 1.82) is 0 Å². The SMILES string of the molecule is CC(C)(CCl)C(=O)Nc1ccc2cn[nH]c2c1. The number of nitrogens with zero attached hydrogens (tertiary/aromatic N) is 1. The van der Waals surface area contributed by atoms with Crippen LogP contribution in [-0.4, -0.2) is 22.0 Å². The van der Waals surface area contributed by atoms with Crippen LogP contribution >= 0.6 is 11.6 Å². The normalized spacial score (nSPS) is 11.7. The van der Waals surface area contributed by atoms with Crippen LogP contribution in [0.15, 0.2) is 24.4 Å². The molecule has 5 heteroatoms. The molecule has 0 atom stereocenters. The predicted molar refractivity (Wildman–Crippen MR) is 69.2 cm³/mol. The van der Waals surface area contributed by atoms with Crippen LogP contribution in [0.4, 0.5) is 5.69 Å². The molecule has 0 spiro atoms. The van der Waals surface area contributed by atoms with Crippen LogP contribution in [0.1, 0.15) is 13.8 Å². The minimum atomic E-state index is -0.579. The largest absolute Gasteiger partial charge is 0.326 e. The summed E-state index contributed by atoms with van der Waals surface area (Å²) in [5, 5.41) is 10.6. The number of aromatic amines is 1. The summed E-state index contributed by atoms with van der Waals surface area (Å²) in [6.45, 7) is 3.62. The third-order valence-electron chi connectivity index (χ3n) is 2.65. The van der Waals surface area contributed by atoms with E-state index in [9.17, 15) is 4.79 Å². The van der Waals surface area contributed by atoms with Crippen molar-refractivity contribution in [2.75, 3.05) is 11.2 Å². The molecular formula is C12H14ClN3O. The number of benzene rings is 1. The van der Waals surface area contributed by atoms with Crippen molar-refractivity contribution < 1.29 is 4.79 Å². The maximum absolute atomic E-state index is 11.9. The Bertz CT molecular complexity index is 547. The number of H-pyrrole nitrogens is 1. The van der Waals surface area contributed by atoms with Gasteiger partial charge in [-0.1, -0.05) is 0 Å². The molecule has 17 heavy (non-hydrogen) atoms. The van der Waals surface area contributed by atoms with Gasteiger partial charge in [-0.3, -0.25) is 9.89 Å². The standard InChI is InChI=1S/C12H14ClN3O/c1-12(2,7-13)11(17)15-9-4-3-8-6-14-16-10(8)5-9/h3-6H,7H2,1-2H3,(H,14,16)(H,15,17). The molecule has 4 nitrogen and oxygen atoms in total. The van der Waals surface area contributed by atoms with Crippen LogP contribution in [0.25, 0.3) is 10.9 Å². The number of nitrogens with one attached hydrogen (secondary N) is 2. The lowest BCUT2D eigenvalue weighted by Crippen LogP contribution is -2.32. The molecule has 0 saturated carbocycles. The van der Waals surface area contributed by atoms with Gasteiger partial charge >= 0.3 is 0 Å². The van der Waals surface area contributed by atoms with Gasteiger partial charge < -0.3 is 5.32 Å². The number of anilines is 1. The Morgan fingerprint density at radius 2 is 2.29 bits per heavy atom. The summed E-state index contributed by atoms with van der Waals surface area (Å²) in [6.07, 6.45) is 1.74. The van der Waals surface area contributed by atoms with Crippen molar-refractivity contribution in [3.63, 3.8) is 0 Å². The van der Waals surface area contributed by atoms with Gasteiger partial charge in [-0.2, -0.15) is 5.10 Å². The van der Waals surface area contributed by atoms with E-state index in [1.54, 1.807) is 6.20 Å². The molecule has 1 heterocycles. The Balaban J connectivity index is 2.21. The molecule has 2 rings (SSSR count). The molecule has 2 N–H and O–H groups in total. The predicted octanol–water partition coefficient (Wildman–Crippen LogP) is 2.77. The maximum Gasteiger partial charge on any atom is 0.231 e. The molecule has 0 aliphatic rings. The Kier molecular flexibility index (Phi) is 3.07. The highest BCUT2D eigenvalue weighted by molar-refractivity contribution is 6.20. The molecule has 0 unspecified atom stereocenters. The van der Waals surface area contributed by atoms with Crippen LogP contribution < -0.4 is 5.32 Å². The van der Waals surface area contributed by atoms with Crippen molar-refractivity contribution >= 4 is 34.1 Å². The van der Waals surface area contributed by atoms with E-state index in [4.69, 9.17) is 11.6 Å². The molecule has 2 aromatic rings. The summed E-state index contributed by atoms with van der Waals surface area (Å²) in [7, 11) is 0. The fourth-order valence-corrected chi connectivity index (χ4v) is 1.50. The number of hydrogen-bond donors (Lipinski definition) is 2. The number of halogens is 1. The lowest BCUT2D eigenvalue weighted by molar-refractivity contribution is -0.122. The van der Waals surface area contributed by atoms with Gasteiger partial charge in [-0.05, 0) is 32.0 Å². The van der Waals surface area contributed by atoms with E-state index in [2.05, 4.69) is 15.5 Å². The highest BCUT2D eigenvalue weighted by Gasteiger charge is 2.26. The minimum absolute atomic E-state index is 0.0913. The van der Waals surface area contributed by atoms with Crippen LogP contribution in [-0.2, 0) is 4.79 Å². The van der Waals surface area contributed by atoms with Crippen molar-refractivity contribution in [2.24, 2.45) is 5.41 Å². The summed E-state index contributed by atoms with van der Waals surface area (Å²) in [5.74, 6) is 0.192. The summed E-state index contributed by atoms with van der Waals surface area (Å²) < 4.78 is 0. The lowest BCUT2D eigenvalue weighted by Gasteiger charge is -2.20. The number of alkyl halides is 1. The average molecular weight is 252 g/mol. The minimum Gasteiger partial charge on any atom is -0.326 e. The van der Waals surface area contributed by atoms with Gasteiger partial charge in [0.25, 0.3) is 0 Å². The van der Waals surface area contributed by atoms with Gasteiger partial charge in [0.1, 0.15) is 0 Å². The zero-order valence-electron chi connectivity index (χ0n) is 9.75. The number of fused-ring (bicyclic) bond motifs is 1. The Morgan fingerprint density at radius 1 is 1.53 bits per heavy atom. The molecule has 0 bridgehead atoms. The van der Waals surface area contributed by atoms with E-state index in [0.29, 0.717) is 0 Å². The second-order valence-corrected chi connectivity index (χ2v) is 4.91. The molecule has 0 radical (unpaired) electrons. The van der Waals surface area contributed by atoms with Crippen LogP contribution in [0.2, 0.25) is 0 Å². The highest BCUT2D eigenvalue weighted by Crippen LogP contribution is 2.22. The Hall–Kier alpha value is -1.55. The smallest absolute Gasteiger partial charge is 0.231 e. The summed E-state index contributed by atoms with van der Waals surface area (Å²) in [5.41, 5.74) is 1.06. The molecule has 0 saturated heterocycles. The number of amides is 1. The second-order valence-electron chi connectivity index (χ2n) is 4.64. The van der Waals surface area contributed by atoms with E-state index in [0.717, 1.165) is 16.6 Å². The van der Waals surface area contributed by atoms with E-state index in [-0.39, 0.29) is 11.8 Å². The first kappa shape index (κ1) is 11.9. The number of hydrogen-bond acceptors (Lipinski definition) is 2. The molecular weight excluding hydrogens is 238 g/mol. The number of carbonyl (C=O) groups excluding carboxylic acids is 1. The fraction of sp³-hybridized carbons (Fsp3) is 0.333. The Labute approximate surface area is 104 Å². The average Bonchev–Trinajstić information content (AvgIpc) is 2.76. The van der Waals surface area contributed by atoms with Gasteiger partial charge in [-0.15, -0.1) is 11.6 Å². The van der Waals surface area contributed by atoms with E-state index in [1.807, 2.05) is 32.0 Å². The molecule has 90 valence electrons. The third kappa shape index (κ3) is 2.42. The molecule has 1 aromatic heterocycles. The van der Waals surface area contributed by atoms with Crippen molar-refractivity contribution in [3.05, 3.63) is 24.4 Å². The molecule has 0 fully saturated rings. The second kappa shape index (κ2) is 4.37. The number of aromatic nitrogens is 2. The molecule has 0 aliphatic carbocycles. The van der Waals surface area contributed by atoms with Gasteiger partial charge in [0.2, 0.25) is 5.91 Å². The summed E-state index contributed by atoms with van der Waals surface area (Å²) in [6, 6.07) is 5.60. The van der Waals surface area contributed by atoms with Crippen LogP contribution in [0.3, 0.4) is 0 Å². The van der Waals surface area contributed by atoms with E-state index >= 15 is 0 Å². The summed E-state index contributed by atoms with van der Waals surface area (Å²) >= 11 is 5.75. The molecule has 1 amide bonds. The van der Waals surface area contributed by atoms with Gasteiger partial charge in [0, 0.05) is 17.0 Å². The first-order valence-corrected chi connectivity index (χ1v) is 5.87. The lowest BCUT2D eigenvalue weighted by atomic mass is 9.95. The van der Waals surface area contributed by atoms with Gasteiger partial charge in [0.15, 0.2) is 0 Å². The first-order valence-electron chi connectivity index (χ1n) is 5.33. The van der Waals surface area contributed by atoms with Crippen LogP contribution in [0.5, 0.6) is 0 Å². The topological polar surface area (TPSA) is 57.8 Å². The fourth-order valence-electron chi connectivity index (χ4n) is 1.38. The van der Waals surface area contributed by atoms with Crippen molar-refractivity contribution in [2.45, 2.75) is 13.8 Å². The van der Waals surface area contributed by atoms with Gasteiger partial charge in [-0.25, -0.2) is 0 Å². The summed E-state index contributed by atoms with van der Waals surface area (Å²) in [4.78, 5) is 11.9. The number of rotatable bonds is 3. The third-order valence-corrected chi connectivity index (χ3v) is 3.32. The van der Waals surface area contributed by atoms with Crippen molar-refractivity contribution in [3.8, 4) is 0 Å². The van der Waals surface area contributed by atoms with Crippen molar-refractivity contribution in [1.82, 2.24) is 10.2 Å². The maximum atomic E-state index is 11.9. The van der Waals surface area contributed by atoms with E-state index in [1.165, 1.54) is 0 Å². The zero-order valence-corrected chi connectivity index (χ0v) is 10.5. The Morgan fingerprint density at radius 3 is 3.00 bits per heavy atom. The quantitative estimate of drug-likeness (QED) is 0.824. The zero-order chi connectivity index (χ0) is 12.5. The molecule has 0 aliphatic heterocycles. The highest BCUT2D eigenvalue weighted by atomic mass is 35.5. The molecule has 1 aromatic carbocycles. The first-order chi connectivity index (χ1) is 8.03. The number of carbonyl (C=O) groups is 1.